The van der Waals surface area contributed by atoms with Crippen LogP contribution < -0.4 is 15.5 Å². The van der Waals surface area contributed by atoms with Crippen molar-refractivity contribution in [3.05, 3.63) is 65.3 Å². The molecule has 16 heteroatoms. The second kappa shape index (κ2) is 10.5. The van der Waals surface area contributed by atoms with Crippen LogP contribution in [-0.4, -0.2) is 65.7 Å². The number of hydrogen-bond donors (Lipinski definition) is 2. The van der Waals surface area contributed by atoms with Crippen LogP contribution in [0, 0.1) is 12.8 Å². The number of nitrogens with zero attached hydrogens (tertiary/aromatic N) is 8. The molecule has 45 heavy (non-hydrogen) atoms. The minimum atomic E-state index is -4.77. The summed E-state index contributed by atoms with van der Waals surface area (Å²) in [5, 5.41) is 5.21. The van der Waals surface area contributed by atoms with Crippen LogP contribution in [0.3, 0.4) is 0 Å². The van der Waals surface area contributed by atoms with Gasteiger partial charge in [0, 0.05) is 49.4 Å². The number of pyridine rings is 1. The standard InChI is InChI=1S/C29H27F3N10O3/c1-14-5-6-33-23(36-14)18-8-19(18)26(44)39-27-35-10-20(29(30,31)32)24(38-27)34-9-17-12-41-11-16(15-3-4-15)7-21(25(41)37-17)42-13-22(43)40(2)28(42)45/h5-7,10-12,15,18-19H,3-4,8-9,13H2,1-2H3,(H2,34,35,38,39,44). The van der Waals surface area contributed by atoms with E-state index in [1.807, 2.05) is 19.2 Å². The maximum Gasteiger partial charge on any atom is 0.421 e. The molecule has 4 aromatic rings. The number of rotatable bonds is 8. The summed E-state index contributed by atoms with van der Waals surface area (Å²) in [6.07, 6.45) is 3.50. The summed E-state index contributed by atoms with van der Waals surface area (Å²) < 4.78 is 43.4. The summed E-state index contributed by atoms with van der Waals surface area (Å²) in [4.78, 5) is 61.1. The van der Waals surface area contributed by atoms with Gasteiger partial charge in [0.25, 0.3) is 0 Å². The van der Waals surface area contributed by atoms with Gasteiger partial charge in [-0.15, -0.1) is 0 Å². The number of anilines is 3. The molecular weight excluding hydrogens is 593 g/mol. The zero-order chi connectivity index (χ0) is 31.6. The molecule has 13 nitrogen and oxygen atoms in total. The molecule has 2 aliphatic carbocycles. The number of imide groups is 1. The van der Waals surface area contributed by atoms with Crippen LogP contribution in [0.15, 0.2) is 36.9 Å². The fourth-order valence-corrected chi connectivity index (χ4v) is 5.44. The van der Waals surface area contributed by atoms with E-state index in [1.54, 1.807) is 22.9 Å². The van der Waals surface area contributed by atoms with E-state index in [0.29, 0.717) is 41.4 Å². The Hall–Kier alpha value is -5.15. The molecule has 0 bridgehead atoms. The summed E-state index contributed by atoms with van der Waals surface area (Å²) in [6.45, 7) is 1.53. The van der Waals surface area contributed by atoms with Gasteiger partial charge >= 0.3 is 12.2 Å². The van der Waals surface area contributed by atoms with Crippen molar-refractivity contribution in [3.8, 4) is 0 Å². The Kier molecular flexibility index (Phi) is 6.67. The molecule has 0 radical (unpaired) electrons. The van der Waals surface area contributed by atoms with Crippen molar-refractivity contribution in [1.82, 2.24) is 34.2 Å². The highest BCUT2D eigenvalue weighted by Crippen LogP contribution is 2.46. The van der Waals surface area contributed by atoms with E-state index in [-0.39, 0.29) is 30.9 Å². The van der Waals surface area contributed by atoms with Crippen LogP contribution in [0.2, 0.25) is 0 Å². The van der Waals surface area contributed by atoms with Gasteiger partial charge in [0.2, 0.25) is 17.8 Å². The van der Waals surface area contributed by atoms with E-state index in [0.717, 1.165) is 29.0 Å². The Labute approximate surface area is 253 Å². The number of carbonyl (C=O) groups is 3. The van der Waals surface area contributed by atoms with Crippen molar-refractivity contribution in [3.63, 3.8) is 0 Å². The fourth-order valence-electron chi connectivity index (χ4n) is 5.44. The first-order valence-electron chi connectivity index (χ1n) is 14.3. The van der Waals surface area contributed by atoms with Crippen LogP contribution in [0.5, 0.6) is 0 Å². The molecule has 2 N–H and O–H groups in total. The number of nitrogens with one attached hydrogen (secondary N) is 2. The van der Waals surface area contributed by atoms with Crippen LogP contribution in [0.4, 0.5) is 35.4 Å². The molecule has 2 saturated carbocycles. The van der Waals surface area contributed by atoms with E-state index in [9.17, 15) is 27.6 Å². The lowest BCUT2D eigenvalue weighted by atomic mass is 10.1. The number of likely N-dealkylation sites (N-methyl/N-ethyl adjacent to an activating group) is 1. The minimum Gasteiger partial charge on any atom is -0.364 e. The highest BCUT2D eigenvalue weighted by atomic mass is 19.4. The summed E-state index contributed by atoms with van der Waals surface area (Å²) in [5.74, 6) is -1.36. The average Bonchev–Trinajstić information content (AvgIpc) is 3.92. The van der Waals surface area contributed by atoms with E-state index in [2.05, 4.69) is 35.6 Å². The monoisotopic (exact) mass is 620 g/mol. The first kappa shape index (κ1) is 28.6. The number of imidazole rings is 1. The van der Waals surface area contributed by atoms with Gasteiger partial charge < -0.3 is 9.72 Å². The number of carbonyl (C=O) groups excluding carboxylic acids is 3. The summed E-state index contributed by atoms with van der Waals surface area (Å²) >= 11 is 0. The van der Waals surface area contributed by atoms with Crippen LogP contribution in [0.1, 0.15) is 59.4 Å². The molecule has 0 aromatic carbocycles. The third-order valence-electron chi connectivity index (χ3n) is 8.17. The van der Waals surface area contributed by atoms with Gasteiger partial charge in [-0.2, -0.15) is 18.2 Å². The molecule has 1 saturated heterocycles. The molecule has 4 aromatic heterocycles. The zero-order valence-corrected chi connectivity index (χ0v) is 24.2. The summed E-state index contributed by atoms with van der Waals surface area (Å²) in [7, 11) is 1.41. The molecule has 3 aliphatic rings. The van der Waals surface area contributed by atoms with Crippen molar-refractivity contribution in [2.45, 2.75) is 50.7 Å². The van der Waals surface area contributed by atoms with Gasteiger partial charge in [0.15, 0.2) is 5.65 Å². The van der Waals surface area contributed by atoms with Crippen molar-refractivity contribution >= 4 is 40.9 Å². The lowest BCUT2D eigenvalue weighted by Gasteiger charge is -2.17. The van der Waals surface area contributed by atoms with Crippen LogP contribution in [0.25, 0.3) is 5.65 Å². The fraction of sp³-hybridized carbons (Fsp3) is 0.379. The molecular formula is C29H27F3N10O3. The SMILES string of the molecule is Cc1ccnc(C2CC2C(=O)Nc2ncc(C(F)(F)F)c(NCc3cn4cc(C5CC5)cc(N5CC(=O)N(C)C5=O)c4n3)n2)n1. The number of hydrogen-bond acceptors (Lipinski definition) is 9. The summed E-state index contributed by atoms with van der Waals surface area (Å²) in [5.41, 5.74) is 1.84. The number of fused-ring (bicyclic) bond motifs is 1. The molecule has 3 fully saturated rings. The molecule has 2 atom stereocenters. The van der Waals surface area contributed by atoms with Gasteiger partial charge in [-0.1, -0.05) is 0 Å². The molecule has 4 amide bonds. The lowest BCUT2D eigenvalue weighted by Crippen LogP contribution is -2.30. The Balaban J connectivity index is 1.12. The highest BCUT2D eigenvalue weighted by Gasteiger charge is 2.46. The van der Waals surface area contributed by atoms with Crippen LogP contribution in [-0.2, 0) is 22.3 Å². The average molecular weight is 621 g/mol. The Morgan fingerprint density at radius 1 is 1.11 bits per heavy atom. The first-order valence-corrected chi connectivity index (χ1v) is 14.3. The second-order valence-electron chi connectivity index (χ2n) is 11.5. The van der Waals surface area contributed by atoms with Gasteiger partial charge in [-0.05, 0) is 49.8 Å². The molecule has 5 heterocycles. The van der Waals surface area contributed by atoms with E-state index in [1.165, 1.54) is 11.9 Å². The number of alkyl halides is 3. The predicted octanol–water partition coefficient (Wildman–Crippen LogP) is 3.87. The van der Waals surface area contributed by atoms with E-state index in [4.69, 9.17) is 0 Å². The topological polar surface area (TPSA) is 151 Å². The quantitative estimate of drug-likeness (QED) is 0.280. The molecule has 2 unspecified atom stereocenters. The molecule has 1 aliphatic heterocycles. The van der Waals surface area contributed by atoms with Crippen molar-refractivity contribution in [2.75, 3.05) is 29.1 Å². The van der Waals surface area contributed by atoms with Crippen molar-refractivity contribution < 1.29 is 27.6 Å². The normalized spacial score (nSPS) is 19.8. The number of aromatic nitrogens is 6. The number of urea groups is 1. The molecule has 232 valence electrons. The maximum absolute atomic E-state index is 13.9. The smallest absolute Gasteiger partial charge is 0.364 e. The Morgan fingerprint density at radius 2 is 1.91 bits per heavy atom. The number of halogens is 3. The largest absolute Gasteiger partial charge is 0.421 e. The minimum absolute atomic E-state index is 0.135. The highest BCUT2D eigenvalue weighted by molar-refractivity contribution is 6.13. The van der Waals surface area contributed by atoms with Crippen molar-refractivity contribution in [1.29, 1.82) is 0 Å². The van der Waals surface area contributed by atoms with Gasteiger partial charge in [-0.25, -0.2) is 24.7 Å². The maximum atomic E-state index is 13.9. The van der Waals surface area contributed by atoms with Crippen LogP contribution >= 0.6 is 0 Å². The van der Waals surface area contributed by atoms with Gasteiger partial charge in [0.05, 0.1) is 17.9 Å². The first-order chi connectivity index (χ1) is 21.5. The summed E-state index contributed by atoms with van der Waals surface area (Å²) in [6, 6.07) is 3.11. The van der Waals surface area contributed by atoms with Crippen molar-refractivity contribution in [2.24, 2.45) is 5.92 Å². The Bertz CT molecular complexity index is 1870. The number of amides is 4. The number of aryl methyl sites for hydroxylation is 1. The van der Waals surface area contributed by atoms with Gasteiger partial charge in [0.1, 0.15) is 23.8 Å². The zero-order valence-electron chi connectivity index (χ0n) is 24.2. The lowest BCUT2D eigenvalue weighted by molar-refractivity contribution is -0.137. The second-order valence-corrected chi connectivity index (χ2v) is 11.5. The Morgan fingerprint density at radius 3 is 2.60 bits per heavy atom. The third kappa shape index (κ3) is 5.51. The predicted molar refractivity (Wildman–Crippen MR) is 153 cm³/mol. The van der Waals surface area contributed by atoms with E-state index >= 15 is 0 Å². The third-order valence-corrected chi connectivity index (χ3v) is 8.17. The van der Waals surface area contributed by atoms with Gasteiger partial charge in [-0.3, -0.25) is 24.7 Å². The molecule has 0 spiro atoms. The van der Waals surface area contributed by atoms with E-state index < -0.39 is 35.4 Å². The molecule has 7 rings (SSSR count).